The van der Waals surface area contributed by atoms with Crippen LogP contribution in [-0.2, 0) is 9.84 Å². The minimum Gasteiger partial charge on any atom is -0.355 e. The Balaban J connectivity index is 2.78. The topological polar surface area (TPSA) is 73.8 Å². The zero-order valence-corrected chi connectivity index (χ0v) is 19.5. The molecular weight excluding hydrogens is 396 g/mol. The highest BCUT2D eigenvalue weighted by Crippen LogP contribution is 2.26. The third-order valence-corrected chi connectivity index (χ3v) is 7.75. The van der Waals surface area contributed by atoms with Crippen LogP contribution in [0.5, 0.6) is 0 Å². The number of likely N-dealkylation sites (N-methyl/N-ethyl adjacent to an activating group) is 1. The average molecular weight is 431 g/mol. The van der Waals surface area contributed by atoms with Gasteiger partial charge in [-0.1, -0.05) is 43.6 Å². The summed E-state index contributed by atoms with van der Waals surface area (Å²) in [5.74, 6) is 0.634. The van der Waals surface area contributed by atoms with Crippen LogP contribution in [0.2, 0.25) is 5.02 Å². The molecule has 1 atom stereocenters. The lowest BCUT2D eigenvalue weighted by molar-refractivity contribution is 0.219. The number of nitrogens with one attached hydrogen (secondary N) is 2. The van der Waals surface area contributed by atoms with Crippen LogP contribution < -0.4 is 10.6 Å². The van der Waals surface area contributed by atoms with Crippen molar-refractivity contribution in [1.29, 1.82) is 0 Å². The van der Waals surface area contributed by atoms with Gasteiger partial charge in [0, 0.05) is 25.2 Å². The maximum absolute atomic E-state index is 12.3. The van der Waals surface area contributed by atoms with Gasteiger partial charge in [0.15, 0.2) is 15.8 Å². The summed E-state index contributed by atoms with van der Waals surface area (Å²) in [5, 5.41) is 7.15. The number of nitrogens with zero attached hydrogens (tertiary/aromatic N) is 2. The van der Waals surface area contributed by atoms with Gasteiger partial charge in [-0.15, -0.1) is 0 Å². The summed E-state index contributed by atoms with van der Waals surface area (Å²) in [7, 11) is -1.50. The third-order valence-electron chi connectivity index (χ3n) is 4.80. The lowest BCUT2D eigenvalue weighted by Crippen LogP contribution is -2.45. The van der Waals surface area contributed by atoms with E-state index in [4.69, 9.17) is 11.6 Å². The SMILES string of the molecule is CCN(CC)C(CNC(=NC)NCCS(=O)(=O)C(C)(C)C)c1ccccc1Cl. The second-order valence-corrected chi connectivity index (χ2v) is 10.8. The molecule has 1 rings (SSSR count). The fraction of sp³-hybridized carbons (Fsp3) is 0.650. The Bertz CT molecular complexity index is 741. The van der Waals surface area contributed by atoms with Gasteiger partial charge in [-0.3, -0.25) is 9.89 Å². The molecule has 0 amide bonds. The minimum absolute atomic E-state index is 0.0567. The molecule has 0 radical (unpaired) electrons. The number of aliphatic imine (C=N–C) groups is 1. The predicted molar refractivity (Wildman–Crippen MR) is 120 cm³/mol. The molecule has 0 spiro atoms. The van der Waals surface area contributed by atoms with E-state index in [9.17, 15) is 8.42 Å². The summed E-state index contributed by atoms with van der Waals surface area (Å²) in [6.45, 7) is 12.1. The van der Waals surface area contributed by atoms with Crippen LogP contribution in [-0.4, -0.2) is 63.0 Å². The van der Waals surface area contributed by atoms with Crippen molar-refractivity contribution in [2.75, 3.05) is 39.0 Å². The van der Waals surface area contributed by atoms with Crippen molar-refractivity contribution in [3.63, 3.8) is 0 Å². The van der Waals surface area contributed by atoms with Crippen LogP contribution >= 0.6 is 11.6 Å². The summed E-state index contributed by atoms with van der Waals surface area (Å²) in [6, 6.07) is 7.94. The molecule has 1 aromatic rings. The van der Waals surface area contributed by atoms with Crippen molar-refractivity contribution >= 4 is 27.4 Å². The molecule has 160 valence electrons. The highest BCUT2D eigenvalue weighted by atomic mass is 35.5. The maximum atomic E-state index is 12.3. The first-order chi connectivity index (χ1) is 13.1. The first-order valence-corrected chi connectivity index (χ1v) is 11.8. The molecular formula is C20H35ClN4O2S. The van der Waals surface area contributed by atoms with E-state index in [1.165, 1.54) is 0 Å². The Labute approximate surface area is 175 Å². The Morgan fingerprint density at radius 2 is 1.79 bits per heavy atom. The van der Waals surface area contributed by atoms with Gasteiger partial charge < -0.3 is 10.6 Å². The summed E-state index contributed by atoms with van der Waals surface area (Å²) in [5.41, 5.74) is 1.06. The Morgan fingerprint density at radius 3 is 2.29 bits per heavy atom. The van der Waals surface area contributed by atoms with Crippen molar-refractivity contribution in [2.24, 2.45) is 4.99 Å². The highest BCUT2D eigenvalue weighted by Gasteiger charge is 2.28. The van der Waals surface area contributed by atoms with Crippen LogP contribution in [0.15, 0.2) is 29.3 Å². The smallest absolute Gasteiger partial charge is 0.191 e. The quantitative estimate of drug-likeness (QED) is 0.465. The van der Waals surface area contributed by atoms with Gasteiger partial charge in [-0.25, -0.2) is 8.42 Å². The summed E-state index contributed by atoms with van der Waals surface area (Å²) in [4.78, 5) is 6.54. The molecule has 1 unspecified atom stereocenters. The van der Waals surface area contributed by atoms with Crippen LogP contribution in [0.3, 0.4) is 0 Å². The summed E-state index contributed by atoms with van der Waals surface area (Å²) >= 11 is 6.44. The number of hydrogen-bond donors (Lipinski definition) is 2. The van der Waals surface area contributed by atoms with Crippen LogP contribution in [0, 0.1) is 0 Å². The van der Waals surface area contributed by atoms with Gasteiger partial charge >= 0.3 is 0 Å². The lowest BCUT2D eigenvalue weighted by atomic mass is 10.0. The monoisotopic (exact) mass is 430 g/mol. The fourth-order valence-corrected chi connectivity index (χ4v) is 4.11. The van der Waals surface area contributed by atoms with E-state index in [1.807, 2.05) is 24.3 Å². The minimum atomic E-state index is -3.17. The number of benzene rings is 1. The number of halogens is 1. The molecule has 0 saturated carbocycles. The zero-order valence-electron chi connectivity index (χ0n) is 17.9. The van der Waals surface area contributed by atoms with Crippen molar-refractivity contribution in [2.45, 2.75) is 45.4 Å². The molecule has 0 aliphatic carbocycles. The van der Waals surface area contributed by atoms with Gasteiger partial charge in [0.05, 0.1) is 16.5 Å². The van der Waals surface area contributed by atoms with Crippen LogP contribution in [0.4, 0.5) is 0 Å². The van der Waals surface area contributed by atoms with Crippen molar-refractivity contribution in [3.05, 3.63) is 34.9 Å². The van der Waals surface area contributed by atoms with Crippen molar-refractivity contribution in [3.8, 4) is 0 Å². The van der Waals surface area contributed by atoms with Crippen LogP contribution in [0.1, 0.15) is 46.2 Å². The molecule has 0 heterocycles. The first-order valence-electron chi connectivity index (χ1n) is 9.72. The standard InChI is InChI=1S/C20H35ClN4O2S/c1-7-25(8-2)18(16-11-9-10-12-17(16)21)15-24-19(22-6)23-13-14-28(26,27)20(3,4)5/h9-12,18H,7-8,13-15H2,1-6H3,(H2,22,23,24). The molecule has 0 aliphatic heterocycles. The lowest BCUT2D eigenvalue weighted by Gasteiger charge is -2.31. The van der Waals surface area contributed by atoms with Gasteiger partial charge in [-0.05, 0) is 45.5 Å². The second kappa shape index (κ2) is 11.0. The first kappa shape index (κ1) is 24.7. The van der Waals surface area contributed by atoms with E-state index in [2.05, 4.69) is 34.4 Å². The van der Waals surface area contributed by atoms with Gasteiger partial charge in [0.1, 0.15) is 0 Å². The largest absolute Gasteiger partial charge is 0.355 e. The number of sulfone groups is 1. The second-order valence-electron chi connectivity index (χ2n) is 7.57. The average Bonchev–Trinajstić information content (AvgIpc) is 2.63. The molecule has 0 saturated heterocycles. The van der Waals surface area contributed by atoms with E-state index in [-0.39, 0.29) is 11.8 Å². The molecule has 0 bridgehead atoms. The van der Waals surface area contributed by atoms with E-state index < -0.39 is 14.6 Å². The Kier molecular flexibility index (Phi) is 9.74. The summed E-state index contributed by atoms with van der Waals surface area (Å²) < 4.78 is 23.8. The third kappa shape index (κ3) is 6.94. The molecule has 1 aromatic carbocycles. The normalized spacial score (nSPS) is 14.2. The molecule has 6 nitrogen and oxygen atoms in total. The van der Waals surface area contributed by atoms with E-state index in [1.54, 1.807) is 27.8 Å². The molecule has 8 heteroatoms. The predicted octanol–water partition coefficient (Wildman–Crippen LogP) is 3.10. The van der Waals surface area contributed by atoms with E-state index >= 15 is 0 Å². The van der Waals surface area contributed by atoms with Gasteiger partial charge in [-0.2, -0.15) is 0 Å². The van der Waals surface area contributed by atoms with Gasteiger partial charge in [0.25, 0.3) is 0 Å². The number of hydrogen-bond acceptors (Lipinski definition) is 4. The van der Waals surface area contributed by atoms with E-state index in [0.717, 1.165) is 23.7 Å². The molecule has 0 aliphatic rings. The Hall–Kier alpha value is -1.31. The number of rotatable bonds is 9. The van der Waals surface area contributed by atoms with Crippen molar-refractivity contribution in [1.82, 2.24) is 15.5 Å². The molecule has 0 aromatic heterocycles. The van der Waals surface area contributed by atoms with Crippen LogP contribution in [0.25, 0.3) is 0 Å². The molecule has 0 fully saturated rings. The van der Waals surface area contributed by atoms with E-state index in [0.29, 0.717) is 19.0 Å². The molecule has 28 heavy (non-hydrogen) atoms. The maximum Gasteiger partial charge on any atom is 0.191 e. The summed E-state index contributed by atoms with van der Waals surface area (Å²) in [6.07, 6.45) is 0. The van der Waals surface area contributed by atoms with Gasteiger partial charge in [0.2, 0.25) is 0 Å². The van der Waals surface area contributed by atoms with Crippen molar-refractivity contribution < 1.29 is 8.42 Å². The Morgan fingerprint density at radius 1 is 1.18 bits per heavy atom. The fourth-order valence-electron chi connectivity index (χ4n) is 2.87. The zero-order chi connectivity index (χ0) is 21.4. The number of guanidine groups is 1. The molecule has 2 N–H and O–H groups in total. The highest BCUT2D eigenvalue weighted by molar-refractivity contribution is 7.92.